The first kappa shape index (κ1) is 16.3. The lowest BCUT2D eigenvalue weighted by molar-refractivity contribution is 1.05. The van der Waals surface area contributed by atoms with Gasteiger partial charge in [-0.25, -0.2) is 9.97 Å². The van der Waals surface area contributed by atoms with Crippen LogP contribution < -0.4 is 5.32 Å². The van der Waals surface area contributed by atoms with E-state index in [1.807, 2.05) is 41.4 Å². The third-order valence-electron chi connectivity index (χ3n) is 4.79. The van der Waals surface area contributed by atoms with Gasteiger partial charge in [0, 0.05) is 36.0 Å². The molecule has 5 nitrogen and oxygen atoms in total. The van der Waals surface area contributed by atoms with Crippen molar-refractivity contribution in [1.29, 1.82) is 0 Å². The van der Waals surface area contributed by atoms with Gasteiger partial charge in [0.1, 0.15) is 6.33 Å². The molecule has 0 saturated heterocycles. The average molecular weight is 365 g/mol. The molecule has 2 aromatic heterocycles. The van der Waals surface area contributed by atoms with Crippen molar-refractivity contribution in [3.63, 3.8) is 0 Å². The average Bonchev–Trinajstić information content (AvgIpc) is 3.43. The Hall–Kier alpha value is -3.86. The van der Waals surface area contributed by atoms with Gasteiger partial charge in [-0.2, -0.15) is 0 Å². The number of fused-ring (bicyclic) bond motifs is 1. The summed E-state index contributed by atoms with van der Waals surface area (Å²) in [6.07, 6.45) is 7.41. The van der Waals surface area contributed by atoms with Crippen LogP contribution in [-0.4, -0.2) is 19.1 Å². The smallest absolute Gasteiger partial charge is 0.100 e. The number of hydrogen-bond donors (Lipinski definition) is 1. The van der Waals surface area contributed by atoms with Crippen molar-refractivity contribution in [3.8, 4) is 11.4 Å². The Bertz CT molecular complexity index is 1220. The molecule has 0 unspecified atom stereocenters. The second-order valence-electron chi connectivity index (χ2n) is 6.65. The fraction of sp³-hybridized carbons (Fsp3) is 0.0435. The van der Waals surface area contributed by atoms with Crippen molar-refractivity contribution in [2.75, 3.05) is 5.32 Å². The molecule has 28 heavy (non-hydrogen) atoms. The number of anilines is 1. The lowest BCUT2D eigenvalue weighted by Gasteiger charge is -2.11. The van der Waals surface area contributed by atoms with Gasteiger partial charge in [0.25, 0.3) is 0 Å². The standard InChI is InChI=1S/C23H19N5/c1-2-10-23-22(9-1)26-17-28(23)21-8-3-5-18(13-21)15-25-19-6-4-7-20(14-19)27-12-11-24-16-27/h1-14,16-17,25H,15H2. The molecule has 0 fully saturated rings. The minimum absolute atomic E-state index is 0.744. The van der Waals surface area contributed by atoms with Crippen LogP contribution in [0.2, 0.25) is 0 Å². The summed E-state index contributed by atoms with van der Waals surface area (Å²) in [5.41, 5.74) is 6.59. The maximum atomic E-state index is 4.49. The zero-order valence-corrected chi connectivity index (χ0v) is 15.2. The zero-order valence-electron chi connectivity index (χ0n) is 15.2. The first-order chi connectivity index (χ1) is 13.9. The SMILES string of the molecule is c1cc(NCc2cccc(-n3cnc4ccccc43)c2)cc(-n2ccnc2)c1. The Balaban J connectivity index is 1.37. The molecule has 3 aromatic carbocycles. The Morgan fingerprint density at radius 1 is 0.821 bits per heavy atom. The largest absolute Gasteiger partial charge is 0.381 e. The van der Waals surface area contributed by atoms with E-state index in [0.717, 1.165) is 34.6 Å². The summed E-state index contributed by atoms with van der Waals surface area (Å²) >= 11 is 0. The van der Waals surface area contributed by atoms with E-state index in [2.05, 4.69) is 68.4 Å². The monoisotopic (exact) mass is 365 g/mol. The van der Waals surface area contributed by atoms with Gasteiger partial charge >= 0.3 is 0 Å². The number of benzene rings is 3. The predicted octanol–water partition coefficient (Wildman–Crippen LogP) is 4.82. The van der Waals surface area contributed by atoms with Crippen LogP contribution in [0.3, 0.4) is 0 Å². The van der Waals surface area contributed by atoms with Crippen LogP contribution in [0, 0.1) is 0 Å². The van der Waals surface area contributed by atoms with Gasteiger partial charge in [0.2, 0.25) is 0 Å². The van der Waals surface area contributed by atoms with Gasteiger partial charge < -0.3 is 9.88 Å². The van der Waals surface area contributed by atoms with Crippen molar-refractivity contribution in [3.05, 3.63) is 103 Å². The van der Waals surface area contributed by atoms with Crippen LogP contribution in [0.15, 0.2) is 97.8 Å². The summed E-state index contributed by atoms with van der Waals surface area (Å²) < 4.78 is 4.12. The maximum absolute atomic E-state index is 4.49. The van der Waals surface area contributed by atoms with Gasteiger partial charge in [-0.15, -0.1) is 0 Å². The molecule has 136 valence electrons. The van der Waals surface area contributed by atoms with Crippen molar-refractivity contribution in [1.82, 2.24) is 19.1 Å². The highest BCUT2D eigenvalue weighted by Gasteiger charge is 2.05. The summed E-state index contributed by atoms with van der Waals surface area (Å²) in [5, 5.41) is 3.51. The lowest BCUT2D eigenvalue weighted by Crippen LogP contribution is -2.01. The second-order valence-corrected chi connectivity index (χ2v) is 6.65. The van der Waals surface area contributed by atoms with Crippen molar-refractivity contribution in [2.45, 2.75) is 6.54 Å². The topological polar surface area (TPSA) is 47.7 Å². The summed E-state index contributed by atoms with van der Waals surface area (Å²) in [7, 11) is 0. The Labute approximate surface area is 162 Å². The summed E-state index contributed by atoms with van der Waals surface area (Å²) in [5.74, 6) is 0. The molecule has 0 atom stereocenters. The Morgan fingerprint density at radius 3 is 2.64 bits per heavy atom. The van der Waals surface area contributed by atoms with Gasteiger partial charge in [-0.05, 0) is 48.0 Å². The van der Waals surface area contributed by atoms with Crippen LogP contribution in [0.25, 0.3) is 22.4 Å². The van der Waals surface area contributed by atoms with E-state index in [1.165, 1.54) is 5.56 Å². The Morgan fingerprint density at radius 2 is 1.71 bits per heavy atom. The molecule has 0 radical (unpaired) electrons. The molecule has 0 amide bonds. The number of para-hydroxylation sites is 2. The molecule has 1 N–H and O–H groups in total. The summed E-state index contributed by atoms with van der Waals surface area (Å²) in [6, 6.07) is 25.0. The highest BCUT2D eigenvalue weighted by Crippen LogP contribution is 2.20. The molecule has 5 heteroatoms. The molecule has 0 spiro atoms. The normalized spacial score (nSPS) is 11.0. The quantitative estimate of drug-likeness (QED) is 0.486. The van der Waals surface area contributed by atoms with Crippen LogP contribution in [0.1, 0.15) is 5.56 Å². The van der Waals surface area contributed by atoms with Crippen LogP contribution in [0.4, 0.5) is 5.69 Å². The van der Waals surface area contributed by atoms with Gasteiger partial charge in [0.15, 0.2) is 0 Å². The van der Waals surface area contributed by atoms with Crippen molar-refractivity contribution in [2.24, 2.45) is 0 Å². The molecule has 0 bridgehead atoms. The van der Waals surface area contributed by atoms with Gasteiger partial charge in [-0.3, -0.25) is 4.57 Å². The number of nitrogens with zero attached hydrogens (tertiary/aromatic N) is 4. The van der Waals surface area contributed by atoms with E-state index in [1.54, 1.807) is 12.5 Å². The molecule has 0 saturated carbocycles. The van der Waals surface area contributed by atoms with E-state index in [4.69, 9.17) is 0 Å². The van der Waals surface area contributed by atoms with Crippen LogP contribution >= 0.6 is 0 Å². The molecular formula is C23H19N5. The predicted molar refractivity (Wildman–Crippen MR) is 112 cm³/mol. The second kappa shape index (κ2) is 7.04. The van der Waals surface area contributed by atoms with E-state index in [-0.39, 0.29) is 0 Å². The number of rotatable bonds is 5. The molecule has 5 rings (SSSR count). The highest BCUT2D eigenvalue weighted by molar-refractivity contribution is 5.77. The minimum atomic E-state index is 0.744. The first-order valence-corrected chi connectivity index (χ1v) is 9.20. The summed E-state index contributed by atoms with van der Waals surface area (Å²) in [4.78, 5) is 8.60. The number of imidazole rings is 2. The van der Waals surface area contributed by atoms with E-state index in [0.29, 0.717) is 0 Å². The van der Waals surface area contributed by atoms with Gasteiger partial charge in [-0.1, -0.05) is 30.3 Å². The molecule has 5 aromatic rings. The molecule has 2 heterocycles. The van der Waals surface area contributed by atoms with Crippen molar-refractivity contribution < 1.29 is 0 Å². The Kier molecular flexibility index (Phi) is 4.10. The fourth-order valence-electron chi connectivity index (χ4n) is 3.37. The molecule has 0 aliphatic carbocycles. The van der Waals surface area contributed by atoms with E-state index >= 15 is 0 Å². The lowest BCUT2D eigenvalue weighted by atomic mass is 10.2. The van der Waals surface area contributed by atoms with Crippen LogP contribution in [0.5, 0.6) is 0 Å². The molecule has 0 aliphatic rings. The van der Waals surface area contributed by atoms with E-state index in [9.17, 15) is 0 Å². The van der Waals surface area contributed by atoms with Gasteiger partial charge in [0.05, 0.1) is 17.4 Å². The highest BCUT2D eigenvalue weighted by atomic mass is 15.0. The third kappa shape index (κ3) is 3.14. The fourth-order valence-corrected chi connectivity index (χ4v) is 3.37. The number of hydrogen-bond acceptors (Lipinski definition) is 3. The number of nitrogens with one attached hydrogen (secondary N) is 1. The maximum Gasteiger partial charge on any atom is 0.100 e. The van der Waals surface area contributed by atoms with Crippen molar-refractivity contribution >= 4 is 16.7 Å². The minimum Gasteiger partial charge on any atom is -0.381 e. The summed E-state index contributed by atoms with van der Waals surface area (Å²) in [6.45, 7) is 0.744. The van der Waals surface area contributed by atoms with E-state index < -0.39 is 0 Å². The number of aromatic nitrogens is 4. The first-order valence-electron chi connectivity index (χ1n) is 9.20. The van der Waals surface area contributed by atoms with Crippen LogP contribution in [-0.2, 0) is 6.54 Å². The molecular weight excluding hydrogens is 346 g/mol. The third-order valence-corrected chi connectivity index (χ3v) is 4.79. The zero-order chi connectivity index (χ0) is 18.8. The molecule has 0 aliphatic heterocycles.